The highest BCUT2D eigenvalue weighted by Crippen LogP contribution is 2.28. The van der Waals surface area contributed by atoms with Crippen LogP contribution < -0.4 is 10.2 Å². The van der Waals surface area contributed by atoms with E-state index in [1.807, 2.05) is 24.3 Å². The van der Waals surface area contributed by atoms with Gasteiger partial charge in [-0.25, -0.2) is 4.39 Å². The van der Waals surface area contributed by atoms with Crippen LogP contribution in [-0.4, -0.2) is 24.0 Å². The molecule has 1 saturated heterocycles. The Balaban J connectivity index is 1.38. The molecule has 1 N–H and O–H groups in total. The van der Waals surface area contributed by atoms with Gasteiger partial charge in [0, 0.05) is 19.0 Å². The van der Waals surface area contributed by atoms with Gasteiger partial charge in [-0.05, 0) is 48.6 Å². The summed E-state index contributed by atoms with van der Waals surface area (Å²) < 4.78 is 19.1. The van der Waals surface area contributed by atoms with Gasteiger partial charge in [-0.2, -0.15) is 4.98 Å². The predicted octanol–water partition coefficient (Wildman–Crippen LogP) is 4.70. The topological polar surface area (TPSA) is 58.4 Å². The Morgan fingerprint density at radius 3 is 2.48 bits per heavy atom. The minimum atomic E-state index is -0.269. The van der Waals surface area contributed by atoms with Gasteiger partial charge in [-0.1, -0.05) is 38.1 Å². The second kappa shape index (κ2) is 8.23. The van der Waals surface area contributed by atoms with Crippen molar-refractivity contribution in [3.8, 4) is 0 Å². The lowest BCUT2D eigenvalue weighted by Crippen LogP contribution is -2.42. The molecule has 6 heteroatoms. The van der Waals surface area contributed by atoms with Crippen LogP contribution in [0.4, 0.5) is 10.4 Å². The van der Waals surface area contributed by atoms with E-state index in [9.17, 15) is 9.18 Å². The summed E-state index contributed by atoms with van der Waals surface area (Å²) >= 11 is 0. The molecule has 2 aromatic carbocycles. The third-order valence-corrected chi connectivity index (χ3v) is 5.61. The van der Waals surface area contributed by atoms with Crippen molar-refractivity contribution in [2.75, 3.05) is 18.0 Å². The van der Waals surface area contributed by atoms with E-state index in [0.717, 1.165) is 42.6 Å². The summed E-state index contributed by atoms with van der Waals surface area (Å²) in [6, 6.07) is 14.6. The summed E-state index contributed by atoms with van der Waals surface area (Å²) in [5, 5.41) is 3.18. The Morgan fingerprint density at radius 2 is 1.83 bits per heavy atom. The molecule has 1 fully saturated rings. The van der Waals surface area contributed by atoms with E-state index in [-0.39, 0.29) is 29.6 Å². The van der Waals surface area contributed by atoms with Gasteiger partial charge in [0.15, 0.2) is 5.58 Å². The molecule has 1 aliphatic heterocycles. The molecule has 1 aromatic heterocycles. The molecule has 3 aromatic rings. The number of para-hydroxylation sites is 2. The Labute approximate surface area is 169 Å². The Bertz CT molecular complexity index is 942. The molecular weight excluding hydrogens is 369 g/mol. The molecule has 4 rings (SSSR count). The first-order valence-electron chi connectivity index (χ1n) is 10.2. The number of aromatic nitrogens is 1. The highest BCUT2D eigenvalue weighted by Gasteiger charge is 2.29. The van der Waals surface area contributed by atoms with Gasteiger partial charge in [-0.15, -0.1) is 0 Å². The molecular formula is C23H26FN3O2. The normalized spacial score (nSPS) is 16.3. The van der Waals surface area contributed by atoms with E-state index in [2.05, 4.69) is 29.0 Å². The van der Waals surface area contributed by atoms with Crippen molar-refractivity contribution in [3.05, 3.63) is 59.9 Å². The Hall–Kier alpha value is -2.89. The molecule has 0 saturated carbocycles. The second-order valence-electron chi connectivity index (χ2n) is 8.01. The molecule has 1 aliphatic rings. The lowest BCUT2D eigenvalue weighted by atomic mass is 9.92. The van der Waals surface area contributed by atoms with Crippen LogP contribution in [0.1, 0.15) is 38.3 Å². The molecule has 152 valence electrons. The van der Waals surface area contributed by atoms with Crippen LogP contribution in [-0.2, 0) is 4.79 Å². The smallest absolute Gasteiger partial charge is 0.298 e. The number of oxazole rings is 1. The number of rotatable bonds is 5. The number of amides is 1. The summed E-state index contributed by atoms with van der Waals surface area (Å²) in [5.41, 5.74) is 2.56. The van der Waals surface area contributed by atoms with Crippen molar-refractivity contribution >= 4 is 23.0 Å². The van der Waals surface area contributed by atoms with E-state index >= 15 is 0 Å². The van der Waals surface area contributed by atoms with Crippen molar-refractivity contribution < 1.29 is 13.6 Å². The summed E-state index contributed by atoms with van der Waals surface area (Å²) in [6.45, 7) is 5.58. The van der Waals surface area contributed by atoms with Crippen LogP contribution >= 0.6 is 0 Å². The largest absolute Gasteiger partial charge is 0.423 e. The van der Waals surface area contributed by atoms with Crippen LogP contribution in [0.15, 0.2) is 52.9 Å². The van der Waals surface area contributed by atoms with Crippen molar-refractivity contribution in [3.63, 3.8) is 0 Å². The molecule has 2 heterocycles. The van der Waals surface area contributed by atoms with Crippen LogP contribution in [0.3, 0.4) is 0 Å². The van der Waals surface area contributed by atoms with E-state index in [1.54, 1.807) is 12.1 Å². The number of anilines is 1. The maximum Gasteiger partial charge on any atom is 0.298 e. The number of carbonyl (C=O) groups is 1. The fraction of sp³-hybridized carbons (Fsp3) is 0.391. The summed E-state index contributed by atoms with van der Waals surface area (Å²) in [4.78, 5) is 19.5. The molecule has 0 aliphatic carbocycles. The van der Waals surface area contributed by atoms with Crippen molar-refractivity contribution in [2.24, 2.45) is 11.8 Å². The minimum absolute atomic E-state index is 0.0441. The average Bonchev–Trinajstić information content (AvgIpc) is 3.17. The van der Waals surface area contributed by atoms with E-state index < -0.39 is 0 Å². The highest BCUT2D eigenvalue weighted by molar-refractivity contribution is 5.79. The first kappa shape index (κ1) is 19.4. The Kier molecular flexibility index (Phi) is 5.51. The third-order valence-electron chi connectivity index (χ3n) is 5.61. The SMILES string of the molecule is CC(C)C(NC(=O)C1CCN(c2nc3ccccc3o2)CC1)c1ccc(F)cc1. The van der Waals surface area contributed by atoms with Gasteiger partial charge in [0.05, 0.1) is 6.04 Å². The highest BCUT2D eigenvalue weighted by atomic mass is 19.1. The summed E-state index contributed by atoms with van der Waals surface area (Å²) in [7, 11) is 0. The monoisotopic (exact) mass is 395 g/mol. The van der Waals surface area contributed by atoms with Gasteiger partial charge in [0.25, 0.3) is 6.01 Å². The summed E-state index contributed by atoms with van der Waals surface area (Å²) in [6.07, 6.45) is 1.50. The molecule has 1 unspecified atom stereocenters. The standard InChI is InChI=1S/C23H26FN3O2/c1-15(2)21(16-7-9-18(24)10-8-16)26-22(28)17-11-13-27(14-12-17)23-25-19-5-3-4-6-20(19)29-23/h3-10,15,17,21H,11-14H2,1-2H3,(H,26,28). The predicted molar refractivity (Wildman–Crippen MR) is 111 cm³/mol. The zero-order valence-electron chi connectivity index (χ0n) is 16.8. The maximum atomic E-state index is 13.2. The van der Waals surface area contributed by atoms with Gasteiger partial charge in [0.1, 0.15) is 11.3 Å². The fourth-order valence-electron chi connectivity index (χ4n) is 3.90. The maximum absolute atomic E-state index is 13.2. The van der Waals surface area contributed by atoms with Gasteiger partial charge in [-0.3, -0.25) is 4.79 Å². The van der Waals surface area contributed by atoms with Gasteiger partial charge in [0.2, 0.25) is 5.91 Å². The molecule has 29 heavy (non-hydrogen) atoms. The zero-order valence-corrected chi connectivity index (χ0v) is 16.8. The molecule has 1 atom stereocenters. The lowest BCUT2D eigenvalue weighted by molar-refractivity contribution is -0.126. The van der Waals surface area contributed by atoms with E-state index in [0.29, 0.717) is 6.01 Å². The number of hydrogen-bond donors (Lipinski definition) is 1. The van der Waals surface area contributed by atoms with E-state index in [4.69, 9.17) is 4.42 Å². The number of piperidine rings is 1. The molecule has 1 amide bonds. The lowest BCUT2D eigenvalue weighted by Gasteiger charge is -2.32. The van der Waals surface area contributed by atoms with Crippen LogP contribution in [0, 0.1) is 17.7 Å². The Morgan fingerprint density at radius 1 is 1.14 bits per heavy atom. The van der Waals surface area contributed by atoms with Crippen LogP contribution in [0.2, 0.25) is 0 Å². The molecule has 0 bridgehead atoms. The second-order valence-corrected chi connectivity index (χ2v) is 8.01. The molecule has 5 nitrogen and oxygen atoms in total. The quantitative estimate of drug-likeness (QED) is 0.680. The number of fused-ring (bicyclic) bond motifs is 1. The minimum Gasteiger partial charge on any atom is -0.423 e. The van der Waals surface area contributed by atoms with E-state index in [1.165, 1.54) is 12.1 Å². The van der Waals surface area contributed by atoms with Crippen LogP contribution in [0.5, 0.6) is 0 Å². The van der Waals surface area contributed by atoms with Crippen LogP contribution in [0.25, 0.3) is 11.1 Å². The first-order chi connectivity index (χ1) is 14.0. The fourth-order valence-corrected chi connectivity index (χ4v) is 3.90. The summed E-state index contributed by atoms with van der Waals surface area (Å²) in [5.74, 6) is -0.0408. The number of halogens is 1. The third kappa shape index (κ3) is 4.26. The number of benzene rings is 2. The van der Waals surface area contributed by atoms with Crippen molar-refractivity contribution in [2.45, 2.75) is 32.7 Å². The van der Waals surface area contributed by atoms with Gasteiger partial charge >= 0.3 is 0 Å². The number of nitrogens with one attached hydrogen (secondary N) is 1. The van der Waals surface area contributed by atoms with Crippen molar-refractivity contribution in [1.29, 1.82) is 0 Å². The van der Waals surface area contributed by atoms with Crippen molar-refractivity contribution in [1.82, 2.24) is 10.3 Å². The zero-order chi connectivity index (χ0) is 20.4. The first-order valence-corrected chi connectivity index (χ1v) is 10.2. The van der Waals surface area contributed by atoms with Gasteiger partial charge < -0.3 is 14.6 Å². The molecule has 0 radical (unpaired) electrons. The number of nitrogens with zero attached hydrogens (tertiary/aromatic N) is 2. The molecule has 0 spiro atoms. The average molecular weight is 395 g/mol. The number of hydrogen-bond acceptors (Lipinski definition) is 4. The number of carbonyl (C=O) groups excluding carboxylic acids is 1.